The van der Waals surface area contributed by atoms with E-state index in [1.54, 1.807) is 0 Å². The standard InChI is InChI=1S/C17H19N3/c1-12-4-3-5-16-19-17(13(2)20(12)16)15-8-6-14(7-9-15)10-11-18/h3-9H,10-11,18H2,1-2H3. The molecule has 0 amide bonds. The molecule has 0 unspecified atom stereocenters. The molecule has 3 heteroatoms. The molecule has 3 aromatic rings. The van der Waals surface area contributed by atoms with Gasteiger partial charge in [-0.1, -0.05) is 30.3 Å². The summed E-state index contributed by atoms with van der Waals surface area (Å²) in [4.78, 5) is 4.76. The van der Waals surface area contributed by atoms with Crippen LogP contribution < -0.4 is 5.73 Å². The molecule has 0 fully saturated rings. The number of hydrogen-bond donors (Lipinski definition) is 1. The van der Waals surface area contributed by atoms with E-state index in [1.165, 1.54) is 17.0 Å². The molecule has 0 aliphatic heterocycles. The highest BCUT2D eigenvalue weighted by Gasteiger charge is 2.11. The summed E-state index contributed by atoms with van der Waals surface area (Å²) in [5.41, 5.74) is 12.5. The number of pyridine rings is 1. The molecule has 0 aliphatic carbocycles. The molecule has 2 aromatic heterocycles. The second kappa shape index (κ2) is 5.10. The lowest BCUT2D eigenvalue weighted by Crippen LogP contribution is -2.02. The van der Waals surface area contributed by atoms with Crippen LogP contribution in [-0.4, -0.2) is 15.9 Å². The first kappa shape index (κ1) is 12.9. The molecule has 0 atom stereocenters. The minimum atomic E-state index is 0.686. The van der Waals surface area contributed by atoms with E-state index >= 15 is 0 Å². The molecule has 0 spiro atoms. The van der Waals surface area contributed by atoms with Gasteiger partial charge in [0.1, 0.15) is 5.65 Å². The molecular formula is C17H19N3. The van der Waals surface area contributed by atoms with Crippen molar-refractivity contribution < 1.29 is 0 Å². The molecule has 0 saturated carbocycles. The van der Waals surface area contributed by atoms with Gasteiger partial charge in [0.15, 0.2) is 0 Å². The van der Waals surface area contributed by atoms with Crippen LogP contribution in [0.15, 0.2) is 42.5 Å². The monoisotopic (exact) mass is 265 g/mol. The van der Waals surface area contributed by atoms with Crippen LogP contribution in [0, 0.1) is 13.8 Å². The first-order valence-electron chi connectivity index (χ1n) is 6.95. The summed E-state index contributed by atoms with van der Waals surface area (Å²) >= 11 is 0. The normalized spacial score (nSPS) is 11.2. The maximum Gasteiger partial charge on any atom is 0.137 e. The fourth-order valence-corrected chi connectivity index (χ4v) is 2.70. The number of imidazole rings is 1. The van der Waals surface area contributed by atoms with Crippen LogP contribution in [0.4, 0.5) is 0 Å². The van der Waals surface area contributed by atoms with E-state index in [-0.39, 0.29) is 0 Å². The maximum absolute atomic E-state index is 5.59. The summed E-state index contributed by atoms with van der Waals surface area (Å²) < 4.78 is 2.20. The van der Waals surface area contributed by atoms with Crippen molar-refractivity contribution in [3.63, 3.8) is 0 Å². The number of fused-ring (bicyclic) bond motifs is 1. The van der Waals surface area contributed by atoms with Crippen LogP contribution >= 0.6 is 0 Å². The number of hydrogen-bond acceptors (Lipinski definition) is 2. The second-order valence-electron chi connectivity index (χ2n) is 5.14. The van der Waals surface area contributed by atoms with Crippen LogP contribution in [0.3, 0.4) is 0 Å². The van der Waals surface area contributed by atoms with Crippen molar-refractivity contribution in [3.05, 3.63) is 59.4 Å². The number of aromatic nitrogens is 2. The highest BCUT2D eigenvalue weighted by atomic mass is 15.0. The Bertz CT molecular complexity index is 739. The first-order chi connectivity index (χ1) is 9.70. The number of benzene rings is 1. The van der Waals surface area contributed by atoms with Crippen molar-refractivity contribution in [2.75, 3.05) is 6.54 Å². The highest BCUT2D eigenvalue weighted by Crippen LogP contribution is 2.25. The molecule has 0 bridgehead atoms. The van der Waals surface area contributed by atoms with Crippen molar-refractivity contribution in [1.82, 2.24) is 9.38 Å². The van der Waals surface area contributed by atoms with Crippen LogP contribution in [0.5, 0.6) is 0 Å². The largest absolute Gasteiger partial charge is 0.330 e. The first-order valence-corrected chi connectivity index (χ1v) is 6.95. The number of nitrogens with two attached hydrogens (primary N) is 1. The molecule has 0 radical (unpaired) electrons. The topological polar surface area (TPSA) is 43.3 Å². The molecule has 0 aliphatic rings. The zero-order valence-corrected chi connectivity index (χ0v) is 11.9. The summed E-state index contributed by atoms with van der Waals surface area (Å²) in [6, 6.07) is 14.7. The third kappa shape index (κ3) is 2.10. The highest BCUT2D eigenvalue weighted by molar-refractivity contribution is 5.66. The second-order valence-corrected chi connectivity index (χ2v) is 5.14. The predicted molar refractivity (Wildman–Crippen MR) is 82.9 cm³/mol. The van der Waals surface area contributed by atoms with Gasteiger partial charge < -0.3 is 10.1 Å². The summed E-state index contributed by atoms with van der Waals surface area (Å²) in [5.74, 6) is 0. The Morgan fingerprint density at radius 2 is 1.80 bits per heavy atom. The van der Waals surface area contributed by atoms with Gasteiger partial charge >= 0.3 is 0 Å². The van der Waals surface area contributed by atoms with Gasteiger partial charge in [0.05, 0.1) is 5.69 Å². The van der Waals surface area contributed by atoms with Gasteiger partial charge in [0, 0.05) is 17.0 Å². The van der Waals surface area contributed by atoms with Gasteiger partial charge in [-0.15, -0.1) is 0 Å². The lowest BCUT2D eigenvalue weighted by molar-refractivity contribution is 0.969. The van der Waals surface area contributed by atoms with Gasteiger partial charge in [-0.2, -0.15) is 0 Å². The van der Waals surface area contributed by atoms with Gasteiger partial charge in [0.2, 0.25) is 0 Å². The lowest BCUT2D eigenvalue weighted by Gasteiger charge is -2.03. The quantitative estimate of drug-likeness (QED) is 0.790. The third-order valence-corrected chi connectivity index (χ3v) is 3.73. The SMILES string of the molecule is Cc1cccc2nc(-c3ccc(CCN)cc3)c(C)n12. The summed E-state index contributed by atoms with van der Waals surface area (Å²) in [6.45, 7) is 4.91. The van der Waals surface area contributed by atoms with Crippen molar-refractivity contribution >= 4 is 5.65 Å². The number of nitrogens with zero attached hydrogens (tertiary/aromatic N) is 2. The van der Waals surface area contributed by atoms with Crippen molar-refractivity contribution in [1.29, 1.82) is 0 Å². The minimum Gasteiger partial charge on any atom is -0.330 e. The van der Waals surface area contributed by atoms with E-state index < -0.39 is 0 Å². The molecule has 3 nitrogen and oxygen atoms in total. The van der Waals surface area contributed by atoms with E-state index in [0.29, 0.717) is 6.54 Å². The molecule has 1 aromatic carbocycles. The minimum absolute atomic E-state index is 0.686. The van der Waals surface area contributed by atoms with Crippen molar-refractivity contribution in [2.45, 2.75) is 20.3 Å². The van der Waals surface area contributed by atoms with Crippen LogP contribution in [-0.2, 0) is 6.42 Å². The van der Waals surface area contributed by atoms with Crippen LogP contribution in [0.2, 0.25) is 0 Å². The molecule has 0 saturated heterocycles. The fraction of sp³-hybridized carbons (Fsp3) is 0.235. The van der Waals surface area contributed by atoms with Gasteiger partial charge in [0.25, 0.3) is 0 Å². The molecule has 20 heavy (non-hydrogen) atoms. The average molecular weight is 265 g/mol. The molecule has 102 valence electrons. The predicted octanol–water partition coefficient (Wildman–Crippen LogP) is 3.12. The summed E-state index contributed by atoms with van der Waals surface area (Å²) in [6.07, 6.45) is 0.920. The number of rotatable bonds is 3. The van der Waals surface area contributed by atoms with Crippen molar-refractivity contribution in [3.8, 4) is 11.3 Å². The van der Waals surface area contributed by atoms with E-state index in [1.807, 2.05) is 12.1 Å². The molecule has 3 rings (SSSR count). The fourth-order valence-electron chi connectivity index (χ4n) is 2.70. The Kier molecular flexibility index (Phi) is 3.28. The zero-order valence-electron chi connectivity index (χ0n) is 11.9. The van der Waals surface area contributed by atoms with E-state index in [9.17, 15) is 0 Å². The Morgan fingerprint density at radius 1 is 1.05 bits per heavy atom. The zero-order chi connectivity index (χ0) is 14.1. The summed E-state index contributed by atoms with van der Waals surface area (Å²) in [5, 5.41) is 0. The Balaban J connectivity index is 2.10. The number of aryl methyl sites for hydroxylation is 2. The average Bonchev–Trinajstić information content (AvgIpc) is 2.79. The molecule has 2 N–H and O–H groups in total. The lowest BCUT2D eigenvalue weighted by atomic mass is 10.1. The van der Waals surface area contributed by atoms with E-state index in [4.69, 9.17) is 10.7 Å². The Hall–Kier alpha value is -2.13. The maximum atomic E-state index is 5.59. The van der Waals surface area contributed by atoms with Gasteiger partial charge in [-0.3, -0.25) is 0 Å². The molecular weight excluding hydrogens is 246 g/mol. The molecule has 2 heterocycles. The van der Waals surface area contributed by atoms with Gasteiger partial charge in [-0.05, 0) is 44.5 Å². The van der Waals surface area contributed by atoms with E-state index in [2.05, 4.69) is 48.6 Å². The van der Waals surface area contributed by atoms with Crippen LogP contribution in [0.1, 0.15) is 17.0 Å². The smallest absolute Gasteiger partial charge is 0.137 e. The van der Waals surface area contributed by atoms with Crippen LogP contribution in [0.25, 0.3) is 16.9 Å². The van der Waals surface area contributed by atoms with Crippen molar-refractivity contribution in [2.24, 2.45) is 5.73 Å². The summed E-state index contributed by atoms with van der Waals surface area (Å²) in [7, 11) is 0. The third-order valence-electron chi connectivity index (χ3n) is 3.73. The van der Waals surface area contributed by atoms with Gasteiger partial charge in [-0.25, -0.2) is 4.98 Å². The Morgan fingerprint density at radius 3 is 2.45 bits per heavy atom. The van der Waals surface area contributed by atoms with E-state index in [0.717, 1.165) is 23.3 Å². The Labute approximate surface area is 119 Å².